The number of rotatable bonds is 0. The highest BCUT2D eigenvalue weighted by Gasteiger charge is 2.49. The molecule has 5 nitrogen and oxygen atoms in total. The zero-order chi connectivity index (χ0) is 15.4. The summed E-state index contributed by atoms with van der Waals surface area (Å²) in [6.45, 7) is 4.49. The Morgan fingerprint density at radius 3 is 2.95 bits per heavy atom. The molecule has 0 spiro atoms. The summed E-state index contributed by atoms with van der Waals surface area (Å²) in [7, 11) is 0. The molecule has 4 rings (SSSR count). The van der Waals surface area contributed by atoms with Crippen LogP contribution in [0.2, 0.25) is 0 Å². The molecule has 1 aromatic rings. The third-order valence-electron chi connectivity index (χ3n) is 4.25. The topological polar surface area (TPSA) is 59.0 Å². The van der Waals surface area contributed by atoms with E-state index in [1.54, 1.807) is 22.7 Å². The van der Waals surface area contributed by atoms with Crippen molar-refractivity contribution in [3.8, 4) is 5.75 Å². The van der Waals surface area contributed by atoms with Crippen molar-refractivity contribution in [2.24, 2.45) is 10.9 Å². The molecule has 6 heteroatoms. The molecule has 0 radical (unpaired) electrons. The van der Waals surface area contributed by atoms with Crippen molar-refractivity contribution in [1.82, 2.24) is 4.90 Å². The lowest BCUT2D eigenvalue weighted by atomic mass is 9.88. The predicted molar refractivity (Wildman–Crippen MR) is 84.4 cm³/mol. The van der Waals surface area contributed by atoms with Crippen LogP contribution >= 0.6 is 11.8 Å². The first-order valence-corrected chi connectivity index (χ1v) is 8.39. The first kappa shape index (κ1) is 13.8. The standard InChI is InChI=1S/C16H16N2O3S/c1-8-6-9(2)13-10(7-8)12(19)11-14(21-13)17-16-18(15(11)20)4-3-5-22-16/h6-7,11,14H,3-5H2,1-2H3. The Balaban J connectivity index is 1.83. The highest BCUT2D eigenvalue weighted by molar-refractivity contribution is 8.13. The Bertz CT molecular complexity index is 728. The molecule has 0 saturated carbocycles. The van der Waals surface area contributed by atoms with E-state index < -0.39 is 12.1 Å². The summed E-state index contributed by atoms with van der Waals surface area (Å²) >= 11 is 1.56. The van der Waals surface area contributed by atoms with Gasteiger partial charge in [-0.2, -0.15) is 0 Å². The van der Waals surface area contributed by atoms with E-state index in [1.165, 1.54) is 0 Å². The van der Waals surface area contributed by atoms with Crippen LogP contribution in [-0.2, 0) is 4.79 Å². The summed E-state index contributed by atoms with van der Waals surface area (Å²) in [5.41, 5.74) is 2.41. The SMILES string of the molecule is Cc1cc(C)c2c(c1)C(=O)C1C(=O)N3CCCSC3=NC1O2. The van der Waals surface area contributed by atoms with Gasteiger partial charge in [0.25, 0.3) is 0 Å². The van der Waals surface area contributed by atoms with Gasteiger partial charge in [0.15, 0.2) is 16.9 Å². The monoisotopic (exact) mass is 316 g/mol. The summed E-state index contributed by atoms with van der Waals surface area (Å²) < 4.78 is 5.94. The van der Waals surface area contributed by atoms with Crippen molar-refractivity contribution >= 4 is 28.6 Å². The second kappa shape index (κ2) is 4.84. The molecule has 0 aromatic heterocycles. The Morgan fingerprint density at radius 1 is 1.32 bits per heavy atom. The number of carbonyl (C=O) groups is 2. The fourth-order valence-electron chi connectivity index (χ4n) is 3.26. The zero-order valence-electron chi connectivity index (χ0n) is 12.5. The van der Waals surface area contributed by atoms with Crippen molar-refractivity contribution in [3.05, 3.63) is 28.8 Å². The Hall–Kier alpha value is -1.82. The van der Waals surface area contributed by atoms with Crippen LogP contribution in [0.1, 0.15) is 27.9 Å². The summed E-state index contributed by atoms with van der Waals surface area (Å²) in [6, 6.07) is 3.78. The first-order valence-electron chi connectivity index (χ1n) is 7.40. The van der Waals surface area contributed by atoms with Crippen LogP contribution in [0, 0.1) is 19.8 Å². The van der Waals surface area contributed by atoms with Crippen LogP contribution in [0.25, 0.3) is 0 Å². The average Bonchev–Trinajstić information content (AvgIpc) is 2.49. The van der Waals surface area contributed by atoms with Gasteiger partial charge in [0, 0.05) is 12.3 Å². The molecule has 1 aromatic carbocycles. The zero-order valence-corrected chi connectivity index (χ0v) is 13.3. The van der Waals surface area contributed by atoms with Crippen molar-refractivity contribution in [3.63, 3.8) is 0 Å². The van der Waals surface area contributed by atoms with Gasteiger partial charge < -0.3 is 4.74 Å². The molecule has 22 heavy (non-hydrogen) atoms. The molecule has 0 aliphatic carbocycles. The average molecular weight is 316 g/mol. The number of aryl methyl sites for hydroxylation is 2. The quantitative estimate of drug-likeness (QED) is 0.688. The number of Topliss-reactive ketones (excluding diaryl/α,β-unsaturated/α-hetero) is 1. The van der Waals surface area contributed by atoms with Crippen LogP contribution < -0.4 is 4.74 Å². The summed E-state index contributed by atoms with van der Waals surface area (Å²) in [6.07, 6.45) is 0.210. The molecule has 0 N–H and O–H groups in total. The number of ketones is 1. The molecule has 114 valence electrons. The third kappa shape index (κ3) is 1.90. The van der Waals surface area contributed by atoms with Crippen molar-refractivity contribution in [1.29, 1.82) is 0 Å². The van der Waals surface area contributed by atoms with E-state index >= 15 is 0 Å². The highest BCUT2D eigenvalue weighted by atomic mass is 32.2. The van der Waals surface area contributed by atoms with E-state index in [9.17, 15) is 9.59 Å². The lowest BCUT2D eigenvalue weighted by Crippen LogP contribution is -2.55. The smallest absolute Gasteiger partial charge is 0.245 e. The number of nitrogens with zero attached hydrogens (tertiary/aromatic N) is 2. The van der Waals surface area contributed by atoms with E-state index in [0.29, 0.717) is 23.0 Å². The number of benzene rings is 1. The van der Waals surface area contributed by atoms with E-state index in [1.807, 2.05) is 19.9 Å². The van der Waals surface area contributed by atoms with Gasteiger partial charge in [0.05, 0.1) is 5.56 Å². The second-order valence-corrected chi connectivity index (χ2v) is 6.97. The summed E-state index contributed by atoms with van der Waals surface area (Å²) in [5.74, 6) is 0.348. The maximum absolute atomic E-state index is 12.8. The molecule has 3 heterocycles. The van der Waals surface area contributed by atoms with Crippen LogP contribution in [0.15, 0.2) is 17.1 Å². The Kier molecular flexibility index (Phi) is 3.04. The van der Waals surface area contributed by atoms with Gasteiger partial charge in [-0.15, -0.1) is 0 Å². The Labute approximate surface area is 132 Å². The van der Waals surface area contributed by atoms with E-state index in [2.05, 4.69) is 4.99 Å². The number of ether oxygens (including phenoxy) is 1. The fraction of sp³-hybridized carbons (Fsp3) is 0.438. The van der Waals surface area contributed by atoms with Crippen LogP contribution in [0.3, 0.4) is 0 Å². The van der Waals surface area contributed by atoms with Crippen molar-refractivity contribution < 1.29 is 14.3 Å². The summed E-state index contributed by atoms with van der Waals surface area (Å²) in [5, 5.41) is 0.693. The molecule has 3 aliphatic rings. The summed E-state index contributed by atoms with van der Waals surface area (Å²) in [4.78, 5) is 31.7. The van der Waals surface area contributed by atoms with Gasteiger partial charge in [-0.05, 0) is 37.5 Å². The maximum atomic E-state index is 12.8. The molecule has 1 fully saturated rings. The van der Waals surface area contributed by atoms with Gasteiger partial charge >= 0.3 is 0 Å². The lowest BCUT2D eigenvalue weighted by molar-refractivity contribution is -0.133. The minimum absolute atomic E-state index is 0.165. The number of amides is 1. The predicted octanol–water partition coefficient (Wildman–Crippen LogP) is 2.16. The molecule has 0 bridgehead atoms. The van der Waals surface area contributed by atoms with Crippen LogP contribution in [-0.4, -0.2) is 40.3 Å². The molecular weight excluding hydrogens is 300 g/mol. The third-order valence-corrected chi connectivity index (χ3v) is 5.33. The van der Waals surface area contributed by atoms with E-state index in [0.717, 1.165) is 23.3 Å². The minimum Gasteiger partial charge on any atom is -0.466 e. The molecule has 3 aliphatic heterocycles. The number of hydrogen-bond acceptors (Lipinski definition) is 5. The molecular formula is C16H16N2O3S. The molecule has 2 atom stereocenters. The highest BCUT2D eigenvalue weighted by Crippen LogP contribution is 2.39. The van der Waals surface area contributed by atoms with Gasteiger partial charge in [-0.3, -0.25) is 14.5 Å². The molecule has 2 unspecified atom stereocenters. The number of aliphatic imine (C=N–C) groups is 1. The fourth-order valence-corrected chi connectivity index (χ4v) is 4.23. The van der Waals surface area contributed by atoms with Crippen LogP contribution in [0.4, 0.5) is 0 Å². The molecule has 1 saturated heterocycles. The number of thioether (sulfide) groups is 1. The minimum atomic E-state index is -0.837. The number of fused-ring (bicyclic) bond motifs is 3. The van der Waals surface area contributed by atoms with Gasteiger partial charge in [-0.1, -0.05) is 17.8 Å². The second-order valence-electron chi connectivity index (χ2n) is 5.91. The molecule has 1 amide bonds. The largest absolute Gasteiger partial charge is 0.466 e. The normalized spacial score (nSPS) is 26.6. The van der Waals surface area contributed by atoms with Gasteiger partial charge in [0.2, 0.25) is 12.1 Å². The van der Waals surface area contributed by atoms with Gasteiger partial charge in [-0.25, -0.2) is 4.99 Å². The van der Waals surface area contributed by atoms with Gasteiger partial charge in [0.1, 0.15) is 5.75 Å². The number of hydrogen-bond donors (Lipinski definition) is 0. The number of amidine groups is 1. The van der Waals surface area contributed by atoms with Crippen LogP contribution in [0.5, 0.6) is 5.75 Å². The first-order chi connectivity index (χ1) is 10.6. The number of carbonyl (C=O) groups excluding carboxylic acids is 2. The van der Waals surface area contributed by atoms with Crippen molar-refractivity contribution in [2.45, 2.75) is 26.5 Å². The maximum Gasteiger partial charge on any atom is 0.245 e. The van der Waals surface area contributed by atoms with E-state index in [4.69, 9.17) is 4.74 Å². The Morgan fingerprint density at radius 2 is 2.14 bits per heavy atom. The van der Waals surface area contributed by atoms with E-state index in [-0.39, 0.29) is 11.7 Å². The van der Waals surface area contributed by atoms with Crippen molar-refractivity contribution in [2.75, 3.05) is 12.3 Å². The lowest BCUT2D eigenvalue weighted by Gasteiger charge is -2.39.